The number of para-hydroxylation sites is 1. The molecule has 4 rings (SSSR count). The number of nitrogens with one attached hydrogen (secondary N) is 1. The van der Waals surface area contributed by atoms with Crippen molar-refractivity contribution in [3.05, 3.63) is 71.4 Å². The molecule has 1 aromatic heterocycles. The van der Waals surface area contributed by atoms with E-state index in [4.69, 9.17) is 0 Å². The number of aryl methyl sites for hydroxylation is 1. The molecule has 0 fully saturated rings. The summed E-state index contributed by atoms with van der Waals surface area (Å²) in [5, 5.41) is 11.5. The first kappa shape index (κ1) is 14.6. The second-order valence-corrected chi connectivity index (χ2v) is 6.02. The highest BCUT2D eigenvalue weighted by Crippen LogP contribution is 2.24. The number of hydrogen-bond donors (Lipinski definition) is 1. The van der Waals surface area contributed by atoms with Gasteiger partial charge in [0.1, 0.15) is 0 Å². The average Bonchev–Trinajstić information content (AvgIpc) is 2.63. The van der Waals surface area contributed by atoms with Crippen LogP contribution in [0, 0.1) is 6.92 Å². The molecular formula is C19H19N5. The molecule has 0 spiro atoms. The Morgan fingerprint density at radius 1 is 1.00 bits per heavy atom. The van der Waals surface area contributed by atoms with E-state index in [2.05, 4.69) is 62.7 Å². The standard InChI is InChI=1S/C19H19N5/c1-14-6-2-5-9-17(14)21-19-22-18(12-20-23-19)24-11-10-15-7-3-4-8-16(15)13-24/h2-9,12H,10-11,13H2,1H3,(H,21,22,23). The van der Waals surface area contributed by atoms with Gasteiger partial charge in [-0.2, -0.15) is 10.1 Å². The highest BCUT2D eigenvalue weighted by molar-refractivity contribution is 5.58. The molecule has 0 atom stereocenters. The van der Waals surface area contributed by atoms with Gasteiger partial charge < -0.3 is 10.2 Å². The Hall–Kier alpha value is -2.95. The number of rotatable bonds is 3. The van der Waals surface area contributed by atoms with Crippen molar-refractivity contribution in [2.75, 3.05) is 16.8 Å². The van der Waals surface area contributed by atoms with Crippen molar-refractivity contribution in [1.29, 1.82) is 0 Å². The zero-order valence-electron chi connectivity index (χ0n) is 13.6. The average molecular weight is 317 g/mol. The Morgan fingerprint density at radius 2 is 1.79 bits per heavy atom. The minimum atomic E-state index is 0.528. The molecule has 2 aromatic carbocycles. The number of benzene rings is 2. The molecular weight excluding hydrogens is 298 g/mol. The van der Waals surface area contributed by atoms with Crippen molar-refractivity contribution in [3.8, 4) is 0 Å². The maximum atomic E-state index is 4.65. The van der Waals surface area contributed by atoms with Crippen molar-refractivity contribution < 1.29 is 0 Å². The topological polar surface area (TPSA) is 53.9 Å². The summed E-state index contributed by atoms with van der Waals surface area (Å²) in [5.74, 6) is 1.39. The van der Waals surface area contributed by atoms with Crippen LogP contribution in [0.2, 0.25) is 0 Å². The van der Waals surface area contributed by atoms with Crippen molar-refractivity contribution in [1.82, 2.24) is 15.2 Å². The molecule has 1 aliphatic rings. The van der Waals surface area contributed by atoms with Gasteiger partial charge in [-0.1, -0.05) is 42.5 Å². The molecule has 0 aliphatic carbocycles. The Morgan fingerprint density at radius 3 is 2.67 bits per heavy atom. The molecule has 0 bridgehead atoms. The molecule has 0 radical (unpaired) electrons. The molecule has 0 unspecified atom stereocenters. The number of fused-ring (bicyclic) bond motifs is 1. The summed E-state index contributed by atoms with van der Waals surface area (Å²) >= 11 is 0. The second kappa shape index (κ2) is 6.28. The zero-order chi connectivity index (χ0) is 16.4. The van der Waals surface area contributed by atoms with Gasteiger partial charge in [-0.25, -0.2) is 0 Å². The monoisotopic (exact) mass is 317 g/mol. The maximum Gasteiger partial charge on any atom is 0.249 e. The summed E-state index contributed by atoms with van der Waals surface area (Å²) in [6.45, 7) is 3.86. The van der Waals surface area contributed by atoms with Crippen LogP contribution in [0.3, 0.4) is 0 Å². The molecule has 5 heteroatoms. The van der Waals surface area contributed by atoms with E-state index >= 15 is 0 Å². The van der Waals surface area contributed by atoms with Gasteiger partial charge in [0.05, 0.1) is 6.20 Å². The van der Waals surface area contributed by atoms with Gasteiger partial charge in [-0.05, 0) is 36.1 Å². The normalized spacial score (nSPS) is 13.5. The van der Waals surface area contributed by atoms with Crippen LogP contribution in [0.25, 0.3) is 0 Å². The van der Waals surface area contributed by atoms with Gasteiger partial charge in [0.2, 0.25) is 5.95 Å². The number of nitrogens with zero attached hydrogens (tertiary/aromatic N) is 4. The van der Waals surface area contributed by atoms with Gasteiger partial charge in [0.15, 0.2) is 5.82 Å². The summed E-state index contributed by atoms with van der Waals surface area (Å²) in [6.07, 6.45) is 2.76. The molecule has 1 N–H and O–H groups in total. The van der Waals surface area contributed by atoms with Gasteiger partial charge in [0.25, 0.3) is 0 Å². The number of hydrogen-bond acceptors (Lipinski definition) is 5. The molecule has 2 heterocycles. The highest BCUT2D eigenvalue weighted by Gasteiger charge is 2.18. The third kappa shape index (κ3) is 2.93. The lowest BCUT2D eigenvalue weighted by Gasteiger charge is -2.29. The van der Waals surface area contributed by atoms with Crippen LogP contribution >= 0.6 is 0 Å². The van der Waals surface area contributed by atoms with Crippen molar-refractivity contribution >= 4 is 17.5 Å². The second-order valence-electron chi connectivity index (χ2n) is 6.02. The minimum absolute atomic E-state index is 0.528. The van der Waals surface area contributed by atoms with Crippen molar-refractivity contribution in [3.63, 3.8) is 0 Å². The Labute approximate surface area is 141 Å². The summed E-state index contributed by atoms with van der Waals surface area (Å²) in [5.41, 5.74) is 4.93. The molecule has 0 saturated heterocycles. The fourth-order valence-electron chi connectivity index (χ4n) is 3.03. The molecule has 3 aromatic rings. The Balaban J connectivity index is 1.56. The van der Waals surface area contributed by atoms with E-state index in [1.165, 1.54) is 11.1 Å². The third-order valence-electron chi connectivity index (χ3n) is 4.39. The van der Waals surface area contributed by atoms with Crippen molar-refractivity contribution in [2.24, 2.45) is 0 Å². The molecule has 5 nitrogen and oxygen atoms in total. The number of aromatic nitrogens is 3. The van der Waals surface area contributed by atoms with E-state index in [1.807, 2.05) is 18.2 Å². The maximum absolute atomic E-state index is 4.65. The Bertz CT molecular complexity index is 862. The first-order valence-corrected chi connectivity index (χ1v) is 8.14. The fraction of sp³-hybridized carbons (Fsp3) is 0.211. The van der Waals surface area contributed by atoms with Gasteiger partial charge in [-0.15, -0.1) is 5.10 Å². The van der Waals surface area contributed by atoms with Crippen LogP contribution < -0.4 is 10.2 Å². The van der Waals surface area contributed by atoms with E-state index in [9.17, 15) is 0 Å². The molecule has 1 aliphatic heterocycles. The molecule has 0 saturated carbocycles. The molecule has 24 heavy (non-hydrogen) atoms. The van der Waals surface area contributed by atoms with Crippen LogP contribution in [0.5, 0.6) is 0 Å². The van der Waals surface area contributed by atoms with E-state index < -0.39 is 0 Å². The lowest BCUT2D eigenvalue weighted by atomic mass is 10.0. The van der Waals surface area contributed by atoms with Gasteiger partial charge in [-0.3, -0.25) is 0 Å². The molecule has 0 amide bonds. The van der Waals surface area contributed by atoms with E-state index in [0.29, 0.717) is 5.95 Å². The Kier molecular flexibility index (Phi) is 3.83. The smallest absolute Gasteiger partial charge is 0.249 e. The van der Waals surface area contributed by atoms with Gasteiger partial charge >= 0.3 is 0 Å². The van der Waals surface area contributed by atoms with Crippen LogP contribution in [-0.2, 0) is 13.0 Å². The van der Waals surface area contributed by atoms with E-state index in [0.717, 1.165) is 36.6 Å². The van der Waals surface area contributed by atoms with Crippen LogP contribution in [0.4, 0.5) is 17.5 Å². The van der Waals surface area contributed by atoms with E-state index in [-0.39, 0.29) is 0 Å². The number of anilines is 3. The summed E-state index contributed by atoms with van der Waals surface area (Å²) < 4.78 is 0. The SMILES string of the molecule is Cc1ccccc1Nc1nncc(N2CCc3ccccc3C2)n1. The minimum Gasteiger partial charge on any atom is -0.350 e. The van der Waals surface area contributed by atoms with Gasteiger partial charge in [0, 0.05) is 18.8 Å². The van der Waals surface area contributed by atoms with E-state index in [1.54, 1.807) is 6.20 Å². The van der Waals surface area contributed by atoms with Crippen LogP contribution in [-0.4, -0.2) is 21.7 Å². The molecule has 120 valence electrons. The highest BCUT2D eigenvalue weighted by atomic mass is 15.3. The fourth-order valence-corrected chi connectivity index (χ4v) is 3.03. The first-order valence-electron chi connectivity index (χ1n) is 8.14. The summed E-state index contributed by atoms with van der Waals surface area (Å²) in [6, 6.07) is 16.7. The summed E-state index contributed by atoms with van der Waals surface area (Å²) in [7, 11) is 0. The lowest BCUT2D eigenvalue weighted by Crippen LogP contribution is -2.31. The lowest BCUT2D eigenvalue weighted by molar-refractivity contribution is 0.715. The largest absolute Gasteiger partial charge is 0.350 e. The van der Waals surface area contributed by atoms with Crippen molar-refractivity contribution in [2.45, 2.75) is 19.9 Å². The summed E-state index contributed by atoms with van der Waals surface area (Å²) in [4.78, 5) is 6.90. The first-order chi connectivity index (χ1) is 11.8. The third-order valence-corrected chi connectivity index (χ3v) is 4.39. The van der Waals surface area contributed by atoms with Crippen LogP contribution in [0.15, 0.2) is 54.7 Å². The predicted octanol–water partition coefficient (Wildman–Crippen LogP) is 3.49. The predicted molar refractivity (Wildman–Crippen MR) is 95.5 cm³/mol. The zero-order valence-corrected chi connectivity index (χ0v) is 13.6. The quantitative estimate of drug-likeness (QED) is 0.801. The van der Waals surface area contributed by atoms with Crippen LogP contribution in [0.1, 0.15) is 16.7 Å².